The molecule has 9 heteroatoms. The molecule has 1 aromatic carbocycles. The molecule has 142 valence electrons. The van der Waals surface area contributed by atoms with Gasteiger partial charge in [-0.1, -0.05) is 11.6 Å². The van der Waals surface area contributed by atoms with Crippen molar-refractivity contribution in [1.29, 1.82) is 0 Å². The third-order valence-corrected chi connectivity index (χ3v) is 6.41. The Bertz CT molecular complexity index is 816. The van der Waals surface area contributed by atoms with Gasteiger partial charge in [0.05, 0.1) is 10.6 Å². The van der Waals surface area contributed by atoms with Gasteiger partial charge in [-0.2, -0.15) is 0 Å². The first-order valence-corrected chi connectivity index (χ1v) is 10.5. The van der Waals surface area contributed by atoms with E-state index in [2.05, 4.69) is 4.72 Å². The molecule has 1 saturated carbocycles. The molecule has 1 N–H and O–H groups in total. The van der Waals surface area contributed by atoms with Gasteiger partial charge in [-0.15, -0.1) is 0 Å². The molecule has 2 aliphatic rings. The topological polar surface area (TPSA) is 92.8 Å². The van der Waals surface area contributed by atoms with Crippen molar-refractivity contribution in [1.82, 2.24) is 9.62 Å². The first-order chi connectivity index (χ1) is 12.3. The number of carbonyl (C=O) groups is 2. The van der Waals surface area contributed by atoms with Crippen molar-refractivity contribution in [3.05, 3.63) is 28.8 Å². The van der Waals surface area contributed by atoms with Crippen LogP contribution in [0.3, 0.4) is 0 Å². The summed E-state index contributed by atoms with van der Waals surface area (Å²) in [5.74, 6) is -1.00. The van der Waals surface area contributed by atoms with Gasteiger partial charge in [-0.05, 0) is 50.8 Å². The van der Waals surface area contributed by atoms with E-state index in [4.69, 9.17) is 16.3 Å². The van der Waals surface area contributed by atoms with Gasteiger partial charge in [-0.25, -0.2) is 17.9 Å². The summed E-state index contributed by atoms with van der Waals surface area (Å²) < 4.78 is 32.5. The van der Waals surface area contributed by atoms with Gasteiger partial charge in [-0.3, -0.25) is 4.79 Å². The number of hydrogen-bond donors (Lipinski definition) is 1. The maximum atomic E-state index is 12.4. The minimum Gasteiger partial charge on any atom is -0.449 e. The highest BCUT2D eigenvalue weighted by molar-refractivity contribution is 7.89. The monoisotopic (exact) mass is 400 g/mol. The maximum Gasteiger partial charge on any atom is 0.338 e. The lowest BCUT2D eigenvalue weighted by Crippen LogP contribution is -2.38. The van der Waals surface area contributed by atoms with E-state index in [1.54, 1.807) is 4.90 Å². The Kier molecular flexibility index (Phi) is 5.55. The van der Waals surface area contributed by atoms with Crippen LogP contribution in [0.25, 0.3) is 0 Å². The van der Waals surface area contributed by atoms with Gasteiger partial charge in [0.15, 0.2) is 6.10 Å². The summed E-state index contributed by atoms with van der Waals surface area (Å²) in [7, 11) is -3.81. The van der Waals surface area contributed by atoms with Gasteiger partial charge >= 0.3 is 5.97 Å². The number of halogens is 1. The summed E-state index contributed by atoms with van der Waals surface area (Å²) in [6, 6.07) is 3.83. The molecule has 1 saturated heterocycles. The van der Waals surface area contributed by atoms with Crippen LogP contribution >= 0.6 is 11.6 Å². The number of sulfonamides is 1. The summed E-state index contributed by atoms with van der Waals surface area (Å²) in [6.07, 6.45) is 2.53. The van der Waals surface area contributed by atoms with E-state index in [9.17, 15) is 18.0 Å². The second-order valence-electron chi connectivity index (χ2n) is 6.62. The number of amides is 1. The molecule has 1 heterocycles. The summed E-state index contributed by atoms with van der Waals surface area (Å²) in [5.41, 5.74) is 0.0339. The van der Waals surface area contributed by atoms with Crippen molar-refractivity contribution in [2.75, 3.05) is 13.1 Å². The zero-order valence-corrected chi connectivity index (χ0v) is 16.0. The van der Waals surface area contributed by atoms with Crippen molar-refractivity contribution >= 4 is 33.5 Å². The van der Waals surface area contributed by atoms with Gasteiger partial charge in [0.25, 0.3) is 5.91 Å². The van der Waals surface area contributed by atoms with Gasteiger partial charge in [0, 0.05) is 19.1 Å². The van der Waals surface area contributed by atoms with Crippen molar-refractivity contribution in [3.63, 3.8) is 0 Å². The molecule has 1 aromatic rings. The molecule has 1 aliphatic carbocycles. The summed E-state index contributed by atoms with van der Waals surface area (Å²) in [5, 5.41) is 0.0240. The number of rotatable bonds is 6. The van der Waals surface area contributed by atoms with E-state index in [-0.39, 0.29) is 27.4 Å². The SMILES string of the molecule is C[C@H](OC(=O)c1ccc(Cl)c(S(=O)(=O)NC2CC2)c1)C(=O)N1CCCC1. The molecule has 1 aliphatic heterocycles. The van der Waals surface area contributed by atoms with E-state index in [1.807, 2.05) is 0 Å². The minimum absolute atomic E-state index is 0.0240. The summed E-state index contributed by atoms with van der Waals surface area (Å²) in [6.45, 7) is 2.84. The predicted octanol–water partition coefficient (Wildman–Crippen LogP) is 1.95. The molecule has 2 fully saturated rings. The third kappa shape index (κ3) is 4.36. The van der Waals surface area contributed by atoms with Crippen molar-refractivity contribution in [3.8, 4) is 0 Å². The lowest BCUT2D eigenvalue weighted by molar-refractivity contribution is -0.138. The Morgan fingerprint density at radius 2 is 1.92 bits per heavy atom. The fourth-order valence-electron chi connectivity index (χ4n) is 2.79. The number of likely N-dealkylation sites (tertiary alicyclic amines) is 1. The van der Waals surface area contributed by atoms with Crippen LogP contribution in [0.5, 0.6) is 0 Å². The number of nitrogens with zero attached hydrogens (tertiary/aromatic N) is 1. The molecule has 0 radical (unpaired) electrons. The first kappa shape index (κ1) is 19.1. The number of nitrogens with one attached hydrogen (secondary N) is 1. The Hall–Kier alpha value is -1.64. The zero-order valence-electron chi connectivity index (χ0n) is 14.4. The highest BCUT2D eigenvalue weighted by Crippen LogP contribution is 2.27. The summed E-state index contributed by atoms with van der Waals surface area (Å²) >= 11 is 6.00. The Morgan fingerprint density at radius 3 is 2.54 bits per heavy atom. The molecule has 3 rings (SSSR count). The van der Waals surface area contributed by atoms with Crippen LogP contribution in [-0.4, -0.2) is 50.4 Å². The van der Waals surface area contributed by atoms with E-state index in [0.29, 0.717) is 13.1 Å². The molecule has 7 nitrogen and oxygen atoms in total. The molecule has 1 amide bonds. The van der Waals surface area contributed by atoms with E-state index in [1.165, 1.54) is 25.1 Å². The quantitative estimate of drug-likeness (QED) is 0.737. The van der Waals surface area contributed by atoms with Crippen molar-refractivity contribution in [2.24, 2.45) is 0 Å². The van der Waals surface area contributed by atoms with Crippen LogP contribution in [0.2, 0.25) is 5.02 Å². The zero-order chi connectivity index (χ0) is 18.9. The van der Waals surface area contributed by atoms with Gasteiger partial charge in [0.2, 0.25) is 10.0 Å². The van der Waals surface area contributed by atoms with E-state index < -0.39 is 22.1 Å². The third-order valence-electron chi connectivity index (χ3n) is 4.40. The van der Waals surface area contributed by atoms with E-state index >= 15 is 0 Å². The summed E-state index contributed by atoms with van der Waals surface area (Å²) in [4.78, 5) is 26.1. The fourth-order valence-corrected chi connectivity index (χ4v) is 4.62. The standard InChI is InChI=1S/C17H21ClN2O5S/c1-11(16(21)20-8-2-3-9-20)25-17(22)12-4-7-14(18)15(10-12)26(23,24)19-13-5-6-13/h4,7,10-11,13,19H,2-3,5-6,8-9H2,1H3/t11-/m0/s1. The normalized spacial score (nSPS) is 18.6. The molecular formula is C17H21ClN2O5S. The average molecular weight is 401 g/mol. The molecule has 0 aromatic heterocycles. The lowest BCUT2D eigenvalue weighted by atomic mass is 10.2. The number of esters is 1. The van der Waals surface area contributed by atoms with Crippen LogP contribution < -0.4 is 4.72 Å². The first-order valence-electron chi connectivity index (χ1n) is 8.59. The van der Waals surface area contributed by atoms with Crippen molar-refractivity contribution < 1.29 is 22.7 Å². The fraction of sp³-hybridized carbons (Fsp3) is 0.529. The molecular weight excluding hydrogens is 380 g/mol. The molecule has 0 bridgehead atoms. The van der Waals surface area contributed by atoms with Crippen molar-refractivity contribution in [2.45, 2.75) is 49.6 Å². The molecule has 26 heavy (non-hydrogen) atoms. The number of carbonyl (C=O) groups excluding carboxylic acids is 2. The van der Waals surface area contributed by atoms with Crippen LogP contribution in [0.15, 0.2) is 23.1 Å². The second kappa shape index (κ2) is 7.54. The number of ether oxygens (including phenoxy) is 1. The molecule has 0 spiro atoms. The van der Waals surface area contributed by atoms with Crippen LogP contribution in [0.1, 0.15) is 43.0 Å². The Morgan fingerprint density at radius 1 is 1.27 bits per heavy atom. The van der Waals surface area contributed by atoms with Crippen LogP contribution in [-0.2, 0) is 19.6 Å². The minimum atomic E-state index is -3.81. The largest absolute Gasteiger partial charge is 0.449 e. The maximum absolute atomic E-state index is 12.4. The Labute approximate surface area is 157 Å². The highest BCUT2D eigenvalue weighted by atomic mass is 35.5. The van der Waals surface area contributed by atoms with Crippen LogP contribution in [0.4, 0.5) is 0 Å². The lowest BCUT2D eigenvalue weighted by Gasteiger charge is -2.20. The Balaban J connectivity index is 1.73. The number of hydrogen-bond acceptors (Lipinski definition) is 5. The van der Waals surface area contributed by atoms with Gasteiger partial charge < -0.3 is 9.64 Å². The van der Waals surface area contributed by atoms with Crippen LogP contribution in [0, 0.1) is 0 Å². The second-order valence-corrected chi connectivity index (χ2v) is 8.71. The molecule has 0 unspecified atom stereocenters. The smallest absolute Gasteiger partial charge is 0.338 e. The predicted molar refractivity (Wildman–Crippen MR) is 95.5 cm³/mol. The average Bonchev–Trinajstić information content (AvgIpc) is 3.22. The van der Waals surface area contributed by atoms with E-state index in [0.717, 1.165) is 25.7 Å². The van der Waals surface area contributed by atoms with Gasteiger partial charge in [0.1, 0.15) is 4.90 Å². The number of benzene rings is 1. The molecule has 1 atom stereocenters. The highest BCUT2D eigenvalue weighted by Gasteiger charge is 2.30.